The summed E-state index contributed by atoms with van der Waals surface area (Å²) >= 11 is 1.49. The number of piperidine rings is 1. The molecule has 6 heteroatoms. The van der Waals surface area contributed by atoms with Gasteiger partial charge >= 0.3 is 0 Å². The summed E-state index contributed by atoms with van der Waals surface area (Å²) < 4.78 is 14.3. The van der Waals surface area contributed by atoms with Gasteiger partial charge in [0.25, 0.3) is 0 Å². The average Bonchev–Trinajstić information content (AvgIpc) is 2.95. The fourth-order valence-electron chi connectivity index (χ4n) is 3.01. The Morgan fingerprint density at radius 1 is 1.50 bits per heavy atom. The highest BCUT2D eigenvalue weighted by molar-refractivity contribution is 7.13. The molecule has 2 aromatic rings. The number of rotatable bonds is 5. The van der Waals surface area contributed by atoms with Crippen molar-refractivity contribution in [3.05, 3.63) is 46.2 Å². The molecular weight excluding hydrogens is 323 g/mol. The molecule has 1 aromatic heterocycles. The number of benzene rings is 1. The molecule has 1 saturated heterocycles. The highest BCUT2D eigenvalue weighted by atomic mass is 32.1. The average molecular weight is 346 g/mol. The molecule has 1 N–H and O–H groups in total. The lowest BCUT2D eigenvalue weighted by molar-refractivity contribution is 0.175. The molecule has 128 valence electrons. The molecular formula is C18H23FN4S. The zero-order valence-electron chi connectivity index (χ0n) is 14.1. The van der Waals surface area contributed by atoms with Crippen molar-refractivity contribution < 1.29 is 4.39 Å². The Hall–Kier alpha value is -1.79. The Morgan fingerprint density at radius 2 is 2.38 bits per heavy atom. The number of nitrogens with zero attached hydrogens (tertiary/aromatic N) is 3. The molecule has 3 rings (SSSR count). The minimum atomic E-state index is -0.165. The second-order valence-electron chi connectivity index (χ2n) is 6.50. The molecule has 0 radical (unpaired) electrons. The van der Waals surface area contributed by atoms with Crippen LogP contribution in [-0.2, 0) is 6.54 Å². The second-order valence-corrected chi connectivity index (χ2v) is 7.36. The minimum Gasteiger partial charge on any atom is -0.299 e. The topological polar surface area (TPSA) is 40.5 Å². The first-order valence-corrected chi connectivity index (χ1v) is 9.20. The van der Waals surface area contributed by atoms with Crippen LogP contribution in [0.2, 0.25) is 0 Å². The number of aryl methyl sites for hydroxylation is 1. The Labute approximate surface area is 146 Å². The van der Waals surface area contributed by atoms with E-state index in [0.717, 1.165) is 35.0 Å². The van der Waals surface area contributed by atoms with Crippen molar-refractivity contribution in [1.29, 1.82) is 0 Å². The SMILES string of the molecule is Cc1csc(NN=Cc2ccc(CN3CCCC(C)C3)c(F)c2)n1. The van der Waals surface area contributed by atoms with Gasteiger partial charge in [0, 0.05) is 24.0 Å². The maximum Gasteiger partial charge on any atom is 0.203 e. The third-order valence-corrected chi connectivity index (χ3v) is 5.07. The van der Waals surface area contributed by atoms with E-state index < -0.39 is 0 Å². The Balaban J connectivity index is 1.59. The van der Waals surface area contributed by atoms with Crippen LogP contribution in [0, 0.1) is 18.7 Å². The number of thiazole rings is 1. The van der Waals surface area contributed by atoms with E-state index >= 15 is 0 Å². The predicted octanol–water partition coefficient (Wildman–Crippen LogP) is 4.27. The number of anilines is 1. The zero-order valence-corrected chi connectivity index (χ0v) is 14.9. The second kappa shape index (κ2) is 7.85. The lowest BCUT2D eigenvalue weighted by atomic mass is 9.99. The van der Waals surface area contributed by atoms with Crippen LogP contribution >= 0.6 is 11.3 Å². The van der Waals surface area contributed by atoms with Crippen molar-refractivity contribution in [2.45, 2.75) is 33.2 Å². The van der Waals surface area contributed by atoms with Gasteiger partial charge in [0.05, 0.1) is 11.9 Å². The highest BCUT2D eigenvalue weighted by Crippen LogP contribution is 2.19. The smallest absolute Gasteiger partial charge is 0.203 e. The normalized spacial score (nSPS) is 19.0. The van der Waals surface area contributed by atoms with E-state index in [-0.39, 0.29) is 5.82 Å². The molecule has 0 spiro atoms. The molecule has 4 nitrogen and oxygen atoms in total. The van der Waals surface area contributed by atoms with Gasteiger partial charge in [-0.3, -0.25) is 10.3 Å². The van der Waals surface area contributed by atoms with Crippen LogP contribution in [-0.4, -0.2) is 29.2 Å². The van der Waals surface area contributed by atoms with Gasteiger partial charge in [0.2, 0.25) is 5.13 Å². The molecule has 1 aromatic carbocycles. The first-order chi connectivity index (χ1) is 11.6. The number of aromatic nitrogens is 1. The third-order valence-electron chi connectivity index (χ3n) is 4.21. The molecule has 1 aliphatic heterocycles. The number of hydrogen-bond acceptors (Lipinski definition) is 5. The van der Waals surface area contributed by atoms with Gasteiger partial charge in [0.1, 0.15) is 5.82 Å². The van der Waals surface area contributed by atoms with Crippen LogP contribution in [0.4, 0.5) is 9.52 Å². The summed E-state index contributed by atoms with van der Waals surface area (Å²) in [5.41, 5.74) is 5.32. The van der Waals surface area contributed by atoms with Gasteiger partial charge in [-0.2, -0.15) is 5.10 Å². The van der Waals surface area contributed by atoms with Crippen LogP contribution in [0.5, 0.6) is 0 Å². The van der Waals surface area contributed by atoms with E-state index in [9.17, 15) is 4.39 Å². The maximum atomic E-state index is 14.3. The molecule has 0 aliphatic carbocycles. The maximum absolute atomic E-state index is 14.3. The predicted molar refractivity (Wildman–Crippen MR) is 98.1 cm³/mol. The van der Waals surface area contributed by atoms with Crippen LogP contribution in [0.1, 0.15) is 36.6 Å². The van der Waals surface area contributed by atoms with Crippen LogP contribution in [0.15, 0.2) is 28.7 Å². The van der Waals surface area contributed by atoms with E-state index in [1.807, 2.05) is 24.4 Å². The molecule has 0 bridgehead atoms. The minimum absolute atomic E-state index is 0.165. The molecule has 1 aliphatic rings. The van der Waals surface area contributed by atoms with E-state index in [4.69, 9.17) is 0 Å². The van der Waals surface area contributed by atoms with Gasteiger partial charge in [-0.1, -0.05) is 19.1 Å². The number of halogens is 1. The third kappa shape index (κ3) is 4.61. The molecule has 1 atom stereocenters. The Bertz CT molecular complexity index is 713. The fourth-order valence-corrected chi connectivity index (χ4v) is 3.65. The first-order valence-electron chi connectivity index (χ1n) is 8.32. The Morgan fingerprint density at radius 3 is 3.08 bits per heavy atom. The lowest BCUT2D eigenvalue weighted by Crippen LogP contribution is -2.33. The van der Waals surface area contributed by atoms with Gasteiger partial charge < -0.3 is 0 Å². The fraction of sp³-hybridized carbons (Fsp3) is 0.444. The van der Waals surface area contributed by atoms with Crippen molar-refractivity contribution in [2.24, 2.45) is 11.0 Å². The van der Waals surface area contributed by atoms with E-state index in [1.54, 1.807) is 12.3 Å². The lowest BCUT2D eigenvalue weighted by Gasteiger charge is -2.30. The van der Waals surface area contributed by atoms with Crippen molar-refractivity contribution in [2.75, 3.05) is 18.5 Å². The van der Waals surface area contributed by atoms with E-state index in [2.05, 4.69) is 27.3 Å². The van der Waals surface area contributed by atoms with Crippen molar-refractivity contribution >= 4 is 22.7 Å². The number of hydrazone groups is 1. The van der Waals surface area contributed by atoms with Crippen molar-refractivity contribution in [1.82, 2.24) is 9.88 Å². The number of likely N-dealkylation sites (tertiary alicyclic amines) is 1. The molecule has 24 heavy (non-hydrogen) atoms. The largest absolute Gasteiger partial charge is 0.299 e. The summed E-state index contributed by atoms with van der Waals surface area (Å²) in [4.78, 5) is 6.60. The first kappa shape index (κ1) is 17.0. The van der Waals surface area contributed by atoms with E-state index in [1.165, 1.54) is 24.2 Å². The van der Waals surface area contributed by atoms with Gasteiger partial charge in [-0.05, 0) is 43.9 Å². The van der Waals surface area contributed by atoms with Crippen molar-refractivity contribution in [3.63, 3.8) is 0 Å². The van der Waals surface area contributed by atoms with Crippen LogP contribution in [0.25, 0.3) is 0 Å². The van der Waals surface area contributed by atoms with Gasteiger partial charge in [-0.15, -0.1) is 11.3 Å². The van der Waals surface area contributed by atoms with Crippen LogP contribution < -0.4 is 5.43 Å². The van der Waals surface area contributed by atoms with E-state index in [0.29, 0.717) is 12.5 Å². The quantitative estimate of drug-likeness (QED) is 0.649. The molecule has 0 saturated carbocycles. The molecule has 2 heterocycles. The van der Waals surface area contributed by atoms with Gasteiger partial charge in [0.15, 0.2) is 0 Å². The summed E-state index contributed by atoms with van der Waals surface area (Å²) in [5, 5.41) is 6.81. The molecule has 1 fully saturated rings. The number of nitrogens with one attached hydrogen (secondary N) is 1. The zero-order chi connectivity index (χ0) is 16.9. The summed E-state index contributed by atoms with van der Waals surface area (Å²) in [6.07, 6.45) is 4.10. The van der Waals surface area contributed by atoms with Crippen molar-refractivity contribution in [3.8, 4) is 0 Å². The van der Waals surface area contributed by atoms with Gasteiger partial charge in [-0.25, -0.2) is 9.37 Å². The summed E-state index contributed by atoms with van der Waals surface area (Å²) in [6, 6.07) is 5.31. The summed E-state index contributed by atoms with van der Waals surface area (Å²) in [6.45, 7) is 7.00. The molecule has 0 amide bonds. The summed E-state index contributed by atoms with van der Waals surface area (Å²) in [7, 11) is 0. The Kier molecular flexibility index (Phi) is 5.58. The highest BCUT2D eigenvalue weighted by Gasteiger charge is 2.17. The molecule has 1 unspecified atom stereocenters. The summed E-state index contributed by atoms with van der Waals surface area (Å²) in [5.74, 6) is 0.538. The standard InChI is InChI=1S/C18H23FN4S/c1-13-4-3-7-23(10-13)11-16-6-5-15(8-17(16)19)9-20-22-18-21-14(2)12-24-18/h5-6,8-9,12-13H,3-4,7,10-11H2,1-2H3,(H,21,22). The van der Waals surface area contributed by atoms with Crippen LogP contribution in [0.3, 0.4) is 0 Å². The monoisotopic (exact) mass is 346 g/mol. The number of hydrogen-bond donors (Lipinski definition) is 1.